The fourth-order valence-corrected chi connectivity index (χ4v) is 2.45. The number of methoxy groups -OCH3 is 1. The van der Waals surface area contributed by atoms with Gasteiger partial charge in [-0.3, -0.25) is 4.68 Å². The summed E-state index contributed by atoms with van der Waals surface area (Å²) >= 11 is 0. The van der Waals surface area contributed by atoms with Gasteiger partial charge in [0.05, 0.1) is 25.0 Å². The maximum Gasteiger partial charge on any atom is 0.161 e. The zero-order valence-corrected chi connectivity index (χ0v) is 12.6. The summed E-state index contributed by atoms with van der Waals surface area (Å²) in [5.74, 6) is 0.764. The highest BCUT2D eigenvalue weighted by atomic mass is 16.5. The SMILES string of the molecule is COc1cnn(C(C)C)c1C(N)Cc1ccccc1C. The van der Waals surface area contributed by atoms with Gasteiger partial charge in [0, 0.05) is 6.04 Å². The van der Waals surface area contributed by atoms with Gasteiger partial charge in [0.25, 0.3) is 0 Å². The number of ether oxygens (including phenoxy) is 1. The highest BCUT2D eigenvalue weighted by Crippen LogP contribution is 2.28. The number of rotatable bonds is 5. The fraction of sp³-hybridized carbons (Fsp3) is 0.438. The summed E-state index contributed by atoms with van der Waals surface area (Å²) in [4.78, 5) is 0. The lowest BCUT2D eigenvalue weighted by Crippen LogP contribution is -2.20. The van der Waals surface area contributed by atoms with Crippen molar-refractivity contribution in [2.24, 2.45) is 5.73 Å². The minimum absolute atomic E-state index is 0.129. The molecule has 1 atom stereocenters. The molecule has 1 heterocycles. The van der Waals surface area contributed by atoms with E-state index in [0.717, 1.165) is 17.9 Å². The number of aromatic nitrogens is 2. The summed E-state index contributed by atoms with van der Waals surface area (Å²) < 4.78 is 7.35. The first-order valence-corrected chi connectivity index (χ1v) is 6.96. The summed E-state index contributed by atoms with van der Waals surface area (Å²) in [6, 6.07) is 8.46. The lowest BCUT2D eigenvalue weighted by atomic mass is 9.99. The van der Waals surface area contributed by atoms with Gasteiger partial charge in [-0.15, -0.1) is 0 Å². The highest BCUT2D eigenvalue weighted by Gasteiger charge is 2.21. The Hall–Kier alpha value is -1.81. The second-order valence-electron chi connectivity index (χ2n) is 5.37. The monoisotopic (exact) mass is 273 g/mol. The van der Waals surface area contributed by atoms with Gasteiger partial charge in [0.15, 0.2) is 5.75 Å². The van der Waals surface area contributed by atoms with E-state index in [-0.39, 0.29) is 12.1 Å². The summed E-state index contributed by atoms with van der Waals surface area (Å²) in [5.41, 5.74) is 9.90. The minimum atomic E-state index is -0.129. The Balaban J connectivity index is 2.31. The molecule has 0 saturated heterocycles. The fourth-order valence-electron chi connectivity index (χ4n) is 2.45. The quantitative estimate of drug-likeness (QED) is 0.911. The molecule has 2 rings (SSSR count). The predicted octanol–water partition coefficient (Wildman–Crippen LogP) is 3.02. The van der Waals surface area contributed by atoms with Crippen LogP contribution in [0.3, 0.4) is 0 Å². The van der Waals surface area contributed by atoms with Crippen LogP contribution >= 0.6 is 0 Å². The largest absolute Gasteiger partial charge is 0.493 e. The zero-order chi connectivity index (χ0) is 14.7. The zero-order valence-electron chi connectivity index (χ0n) is 12.6. The van der Waals surface area contributed by atoms with Gasteiger partial charge in [0.2, 0.25) is 0 Å². The first kappa shape index (κ1) is 14.6. The topological polar surface area (TPSA) is 53.1 Å². The van der Waals surface area contributed by atoms with Gasteiger partial charge in [-0.05, 0) is 38.3 Å². The van der Waals surface area contributed by atoms with Gasteiger partial charge < -0.3 is 10.5 Å². The van der Waals surface area contributed by atoms with Crippen molar-refractivity contribution in [3.8, 4) is 5.75 Å². The van der Waals surface area contributed by atoms with Crippen LogP contribution < -0.4 is 10.5 Å². The van der Waals surface area contributed by atoms with Crippen LogP contribution in [-0.2, 0) is 6.42 Å². The maximum atomic E-state index is 6.41. The molecule has 1 aromatic heterocycles. The van der Waals surface area contributed by atoms with Crippen molar-refractivity contribution in [2.75, 3.05) is 7.11 Å². The molecule has 0 aliphatic heterocycles. The van der Waals surface area contributed by atoms with E-state index in [1.54, 1.807) is 13.3 Å². The van der Waals surface area contributed by atoms with E-state index in [9.17, 15) is 0 Å². The first-order valence-electron chi connectivity index (χ1n) is 6.96. The molecule has 4 heteroatoms. The molecule has 1 aromatic carbocycles. The molecule has 4 nitrogen and oxygen atoms in total. The van der Waals surface area contributed by atoms with Crippen molar-refractivity contribution >= 4 is 0 Å². The Labute approximate surface area is 120 Å². The van der Waals surface area contributed by atoms with Gasteiger partial charge in [-0.2, -0.15) is 5.10 Å². The van der Waals surface area contributed by atoms with E-state index in [1.165, 1.54) is 11.1 Å². The van der Waals surface area contributed by atoms with Crippen molar-refractivity contribution in [1.29, 1.82) is 0 Å². The molecule has 108 valence electrons. The Morgan fingerprint density at radius 2 is 2.00 bits per heavy atom. The van der Waals surface area contributed by atoms with Gasteiger partial charge in [-0.25, -0.2) is 0 Å². The molecule has 0 fully saturated rings. The Bertz CT molecular complexity index is 575. The van der Waals surface area contributed by atoms with Crippen molar-refractivity contribution in [1.82, 2.24) is 9.78 Å². The predicted molar refractivity (Wildman–Crippen MR) is 81.0 cm³/mol. The molecule has 1 unspecified atom stereocenters. The van der Waals surface area contributed by atoms with Crippen molar-refractivity contribution in [2.45, 2.75) is 39.3 Å². The first-order chi connectivity index (χ1) is 9.54. The molecular weight excluding hydrogens is 250 g/mol. The molecule has 0 bridgehead atoms. The van der Waals surface area contributed by atoms with Crippen LogP contribution in [0.15, 0.2) is 30.5 Å². The van der Waals surface area contributed by atoms with Gasteiger partial charge in [0.1, 0.15) is 0 Å². The number of nitrogens with zero attached hydrogens (tertiary/aromatic N) is 2. The summed E-state index contributed by atoms with van der Waals surface area (Å²) in [6.07, 6.45) is 2.52. The molecule has 20 heavy (non-hydrogen) atoms. The molecule has 0 aliphatic rings. The molecule has 2 N–H and O–H groups in total. The van der Waals surface area contributed by atoms with E-state index in [1.807, 2.05) is 16.8 Å². The summed E-state index contributed by atoms with van der Waals surface area (Å²) in [5, 5.41) is 4.38. The van der Waals surface area contributed by atoms with E-state index < -0.39 is 0 Å². The summed E-state index contributed by atoms with van der Waals surface area (Å²) in [7, 11) is 1.66. The van der Waals surface area contributed by atoms with E-state index in [2.05, 4.69) is 38.0 Å². The van der Waals surface area contributed by atoms with Crippen molar-refractivity contribution in [3.63, 3.8) is 0 Å². The lowest BCUT2D eigenvalue weighted by molar-refractivity contribution is 0.396. The number of hydrogen-bond donors (Lipinski definition) is 1. The number of hydrogen-bond acceptors (Lipinski definition) is 3. The van der Waals surface area contributed by atoms with Crippen molar-refractivity contribution < 1.29 is 4.74 Å². The Kier molecular flexibility index (Phi) is 4.45. The average molecular weight is 273 g/mol. The standard InChI is InChI=1S/C16H23N3O/c1-11(2)19-16(15(20-4)10-18-19)14(17)9-13-8-6-5-7-12(13)3/h5-8,10-11,14H,9,17H2,1-4H3. The molecule has 2 aromatic rings. The molecule has 0 saturated carbocycles. The second kappa shape index (κ2) is 6.09. The lowest BCUT2D eigenvalue weighted by Gasteiger charge is -2.19. The Morgan fingerprint density at radius 3 is 2.60 bits per heavy atom. The highest BCUT2D eigenvalue weighted by molar-refractivity contribution is 5.32. The molecule has 0 amide bonds. The van der Waals surface area contributed by atoms with Crippen molar-refractivity contribution in [3.05, 3.63) is 47.3 Å². The number of aryl methyl sites for hydroxylation is 1. The molecule has 0 radical (unpaired) electrons. The molecule has 0 spiro atoms. The van der Waals surface area contributed by atoms with E-state index in [4.69, 9.17) is 10.5 Å². The number of benzene rings is 1. The smallest absolute Gasteiger partial charge is 0.161 e. The Morgan fingerprint density at radius 1 is 1.30 bits per heavy atom. The minimum Gasteiger partial charge on any atom is -0.493 e. The van der Waals surface area contributed by atoms with Crippen LogP contribution in [0.1, 0.15) is 42.8 Å². The third-order valence-electron chi connectivity index (χ3n) is 3.56. The third-order valence-corrected chi connectivity index (χ3v) is 3.56. The molecule has 0 aliphatic carbocycles. The van der Waals surface area contributed by atoms with Crippen LogP contribution in [0.5, 0.6) is 5.75 Å². The van der Waals surface area contributed by atoms with Crippen LogP contribution in [0, 0.1) is 6.92 Å². The van der Waals surface area contributed by atoms with Crippen LogP contribution in [0.25, 0.3) is 0 Å². The summed E-state index contributed by atoms with van der Waals surface area (Å²) in [6.45, 7) is 6.30. The third kappa shape index (κ3) is 2.85. The van der Waals surface area contributed by atoms with Crippen LogP contribution in [-0.4, -0.2) is 16.9 Å². The number of nitrogens with two attached hydrogens (primary N) is 1. The van der Waals surface area contributed by atoms with Gasteiger partial charge >= 0.3 is 0 Å². The normalized spacial score (nSPS) is 12.7. The molecular formula is C16H23N3O. The van der Waals surface area contributed by atoms with E-state index >= 15 is 0 Å². The van der Waals surface area contributed by atoms with E-state index in [0.29, 0.717) is 0 Å². The average Bonchev–Trinajstić information content (AvgIpc) is 2.85. The van der Waals surface area contributed by atoms with Gasteiger partial charge in [-0.1, -0.05) is 24.3 Å². The van der Waals surface area contributed by atoms with Crippen LogP contribution in [0.2, 0.25) is 0 Å². The van der Waals surface area contributed by atoms with Crippen LogP contribution in [0.4, 0.5) is 0 Å². The second-order valence-corrected chi connectivity index (χ2v) is 5.37. The maximum absolute atomic E-state index is 6.41.